The van der Waals surface area contributed by atoms with Gasteiger partial charge in [0.05, 0.1) is 13.7 Å². The van der Waals surface area contributed by atoms with E-state index in [4.69, 9.17) is 19.3 Å². The Kier molecular flexibility index (Phi) is 6.46. The lowest BCUT2D eigenvalue weighted by molar-refractivity contribution is -0.131. The summed E-state index contributed by atoms with van der Waals surface area (Å²) >= 11 is 0. The minimum Gasteiger partial charge on any atom is -0.493 e. The van der Waals surface area contributed by atoms with Crippen LogP contribution in [0.25, 0.3) is 6.08 Å². The number of ether oxygens (including phenoxy) is 3. The Labute approximate surface area is 112 Å². The van der Waals surface area contributed by atoms with Crippen LogP contribution in [0, 0.1) is 0 Å². The summed E-state index contributed by atoms with van der Waals surface area (Å²) in [6.45, 7) is 1.14. The quantitative estimate of drug-likeness (QED) is 0.577. The van der Waals surface area contributed by atoms with E-state index >= 15 is 0 Å². The molecule has 0 heterocycles. The number of benzene rings is 1. The molecule has 0 aliphatic carbocycles. The van der Waals surface area contributed by atoms with Crippen molar-refractivity contribution in [1.82, 2.24) is 0 Å². The topological polar surface area (TPSA) is 65.0 Å². The molecule has 1 N–H and O–H groups in total. The van der Waals surface area contributed by atoms with Crippen molar-refractivity contribution in [2.75, 3.05) is 27.4 Å². The number of rotatable bonds is 8. The van der Waals surface area contributed by atoms with Gasteiger partial charge in [0, 0.05) is 26.2 Å². The monoisotopic (exact) mass is 266 g/mol. The van der Waals surface area contributed by atoms with Gasteiger partial charge in [-0.3, -0.25) is 0 Å². The van der Waals surface area contributed by atoms with Gasteiger partial charge in [-0.1, -0.05) is 6.07 Å². The average Bonchev–Trinajstić information content (AvgIpc) is 2.41. The predicted molar refractivity (Wildman–Crippen MR) is 71.7 cm³/mol. The van der Waals surface area contributed by atoms with Crippen molar-refractivity contribution >= 4 is 12.0 Å². The van der Waals surface area contributed by atoms with E-state index in [2.05, 4.69) is 0 Å². The molecule has 19 heavy (non-hydrogen) atoms. The van der Waals surface area contributed by atoms with Crippen molar-refractivity contribution in [2.24, 2.45) is 0 Å². The molecule has 0 fully saturated rings. The van der Waals surface area contributed by atoms with Crippen LogP contribution in [0.1, 0.15) is 12.0 Å². The number of carboxylic acid groups (broad SMARTS) is 1. The highest BCUT2D eigenvalue weighted by Crippen LogP contribution is 2.28. The molecule has 1 aromatic rings. The van der Waals surface area contributed by atoms with E-state index in [1.54, 1.807) is 32.4 Å². The van der Waals surface area contributed by atoms with Crippen LogP contribution in [0.5, 0.6) is 11.5 Å². The Balaban J connectivity index is 2.75. The number of hydrogen-bond acceptors (Lipinski definition) is 4. The van der Waals surface area contributed by atoms with Gasteiger partial charge in [0.15, 0.2) is 11.5 Å². The molecule has 0 aliphatic heterocycles. The molecule has 0 saturated heterocycles. The van der Waals surface area contributed by atoms with Gasteiger partial charge in [0.1, 0.15) is 0 Å². The maximum Gasteiger partial charge on any atom is 0.328 e. The van der Waals surface area contributed by atoms with E-state index in [1.165, 1.54) is 6.08 Å². The van der Waals surface area contributed by atoms with Crippen LogP contribution >= 0.6 is 0 Å². The van der Waals surface area contributed by atoms with E-state index < -0.39 is 5.97 Å². The van der Waals surface area contributed by atoms with Crippen LogP contribution in [0.2, 0.25) is 0 Å². The first-order chi connectivity index (χ1) is 9.17. The normalized spacial score (nSPS) is 10.6. The molecule has 5 nitrogen and oxygen atoms in total. The van der Waals surface area contributed by atoms with Crippen molar-refractivity contribution in [3.8, 4) is 11.5 Å². The Morgan fingerprint density at radius 2 is 2.05 bits per heavy atom. The third-order valence-electron chi connectivity index (χ3n) is 2.36. The second-order valence-corrected chi connectivity index (χ2v) is 3.78. The number of methoxy groups -OCH3 is 2. The first-order valence-corrected chi connectivity index (χ1v) is 5.88. The van der Waals surface area contributed by atoms with Crippen LogP contribution < -0.4 is 9.47 Å². The fourth-order valence-electron chi connectivity index (χ4n) is 1.46. The van der Waals surface area contributed by atoms with Gasteiger partial charge in [0.2, 0.25) is 0 Å². The standard InChI is InChI=1S/C14H18O5/c1-17-8-3-9-19-13-10-11(5-7-14(15)16)4-6-12(13)18-2/h4-7,10H,3,8-9H2,1-2H3,(H,15,16)/b7-5+. The molecule has 1 aromatic carbocycles. The Bertz CT molecular complexity index is 439. The van der Waals surface area contributed by atoms with Gasteiger partial charge in [0.25, 0.3) is 0 Å². The third kappa shape index (κ3) is 5.44. The molecule has 0 aliphatic rings. The van der Waals surface area contributed by atoms with Crippen LogP contribution in [0.15, 0.2) is 24.3 Å². The fraction of sp³-hybridized carbons (Fsp3) is 0.357. The zero-order valence-electron chi connectivity index (χ0n) is 11.1. The summed E-state index contributed by atoms with van der Waals surface area (Å²) in [6.07, 6.45) is 3.36. The first kappa shape index (κ1) is 15.0. The zero-order chi connectivity index (χ0) is 14.1. The van der Waals surface area contributed by atoms with Gasteiger partial charge in [-0.15, -0.1) is 0 Å². The molecule has 1 rings (SSSR count). The zero-order valence-corrected chi connectivity index (χ0v) is 11.1. The highest BCUT2D eigenvalue weighted by Gasteiger charge is 2.04. The molecule has 5 heteroatoms. The molecule has 0 radical (unpaired) electrons. The minimum absolute atomic E-state index is 0.510. The molecule has 0 unspecified atom stereocenters. The second-order valence-electron chi connectivity index (χ2n) is 3.78. The van der Waals surface area contributed by atoms with Crippen molar-refractivity contribution in [3.05, 3.63) is 29.8 Å². The van der Waals surface area contributed by atoms with Crippen molar-refractivity contribution in [2.45, 2.75) is 6.42 Å². The third-order valence-corrected chi connectivity index (χ3v) is 2.36. The van der Waals surface area contributed by atoms with Crippen LogP contribution in [-0.4, -0.2) is 38.5 Å². The lowest BCUT2D eigenvalue weighted by atomic mass is 10.2. The van der Waals surface area contributed by atoms with Gasteiger partial charge >= 0.3 is 5.97 Å². The lowest BCUT2D eigenvalue weighted by Crippen LogP contribution is -2.02. The summed E-state index contributed by atoms with van der Waals surface area (Å²) in [5.74, 6) is 0.217. The Morgan fingerprint density at radius 3 is 2.68 bits per heavy atom. The maximum atomic E-state index is 10.5. The second kappa shape index (κ2) is 8.16. The molecular formula is C14H18O5. The summed E-state index contributed by atoms with van der Waals surface area (Å²) in [5.41, 5.74) is 0.741. The lowest BCUT2D eigenvalue weighted by Gasteiger charge is -2.11. The van der Waals surface area contributed by atoms with Crippen LogP contribution in [0.3, 0.4) is 0 Å². The largest absolute Gasteiger partial charge is 0.493 e. The van der Waals surface area contributed by atoms with E-state index in [0.717, 1.165) is 18.1 Å². The first-order valence-electron chi connectivity index (χ1n) is 5.88. The van der Waals surface area contributed by atoms with E-state index in [0.29, 0.717) is 24.7 Å². The summed E-state index contributed by atoms with van der Waals surface area (Å²) in [4.78, 5) is 10.5. The van der Waals surface area contributed by atoms with Gasteiger partial charge in [-0.25, -0.2) is 4.79 Å². The number of hydrogen-bond donors (Lipinski definition) is 1. The molecule has 0 saturated carbocycles. The molecule has 0 atom stereocenters. The average molecular weight is 266 g/mol. The SMILES string of the molecule is COCCCOc1cc(/C=C/C(=O)O)ccc1OC. The van der Waals surface area contributed by atoms with Gasteiger partial charge < -0.3 is 19.3 Å². The summed E-state index contributed by atoms with van der Waals surface area (Å²) in [5, 5.41) is 8.59. The van der Waals surface area contributed by atoms with E-state index in [1.807, 2.05) is 0 Å². The van der Waals surface area contributed by atoms with Crippen molar-refractivity contribution < 1.29 is 24.1 Å². The number of aliphatic carboxylic acids is 1. The van der Waals surface area contributed by atoms with Crippen molar-refractivity contribution in [1.29, 1.82) is 0 Å². The Morgan fingerprint density at radius 1 is 1.26 bits per heavy atom. The highest BCUT2D eigenvalue weighted by atomic mass is 16.5. The highest BCUT2D eigenvalue weighted by molar-refractivity contribution is 5.85. The number of carbonyl (C=O) groups is 1. The smallest absolute Gasteiger partial charge is 0.328 e. The van der Waals surface area contributed by atoms with Crippen LogP contribution in [0.4, 0.5) is 0 Å². The maximum absolute atomic E-state index is 10.5. The Hall–Kier alpha value is -2.01. The minimum atomic E-state index is -0.988. The van der Waals surface area contributed by atoms with E-state index in [9.17, 15) is 4.79 Å². The molecule has 0 amide bonds. The van der Waals surface area contributed by atoms with E-state index in [-0.39, 0.29) is 0 Å². The fourth-order valence-corrected chi connectivity index (χ4v) is 1.46. The molecule has 0 bridgehead atoms. The predicted octanol–water partition coefficient (Wildman–Crippen LogP) is 2.21. The summed E-state index contributed by atoms with van der Waals surface area (Å²) in [6, 6.07) is 5.25. The summed E-state index contributed by atoms with van der Waals surface area (Å²) in [7, 11) is 3.20. The van der Waals surface area contributed by atoms with Gasteiger partial charge in [-0.05, 0) is 23.8 Å². The summed E-state index contributed by atoms with van der Waals surface area (Å²) < 4.78 is 15.7. The van der Waals surface area contributed by atoms with Crippen LogP contribution in [-0.2, 0) is 9.53 Å². The molecule has 0 spiro atoms. The number of carboxylic acids is 1. The molecular weight excluding hydrogens is 248 g/mol. The van der Waals surface area contributed by atoms with Gasteiger partial charge in [-0.2, -0.15) is 0 Å². The molecule has 0 aromatic heterocycles. The molecule has 104 valence electrons. The van der Waals surface area contributed by atoms with Crippen molar-refractivity contribution in [3.63, 3.8) is 0 Å².